The number of anilines is 1. The molecule has 1 amide bonds. The molecule has 2 aromatic carbocycles. The number of halogens is 1. The summed E-state index contributed by atoms with van der Waals surface area (Å²) < 4.78 is 16.6. The number of carbonyl (C=O) groups excluding carboxylic acids is 1. The van der Waals surface area contributed by atoms with Gasteiger partial charge >= 0.3 is 0 Å². The second kappa shape index (κ2) is 5.09. The van der Waals surface area contributed by atoms with E-state index in [4.69, 9.17) is 0 Å². The Morgan fingerprint density at radius 1 is 1.22 bits per heavy atom. The van der Waals surface area contributed by atoms with E-state index in [2.05, 4.69) is 11.9 Å². The molecule has 0 radical (unpaired) electrons. The van der Waals surface area contributed by atoms with Crippen LogP contribution >= 0.6 is 0 Å². The zero-order chi connectivity index (χ0) is 16.0. The van der Waals surface area contributed by atoms with Crippen LogP contribution in [-0.4, -0.2) is 10.5 Å². The maximum Gasteiger partial charge on any atom is 0.228 e. The minimum absolute atomic E-state index is 0.128. The third kappa shape index (κ3) is 1.99. The summed E-state index contributed by atoms with van der Waals surface area (Å²) in [7, 11) is 0. The van der Waals surface area contributed by atoms with Crippen molar-refractivity contribution in [2.24, 2.45) is 0 Å². The number of rotatable bonds is 2. The standard InChI is InChI=1S/C19H15FN2O/c1-2-10-22-16-9-4-3-6-12(16)13-11-17(23)21-15-8-5-7-14(20)18(15)19(13)22/h2-9H,1,10-11H2,(H,21,23). The predicted molar refractivity (Wildman–Crippen MR) is 89.9 cm³/mol. The van der Waals surface area contributed by atoms with E-state index in [-0.39, 0.29) is 18.1 Å². The number of benzene rings is 2. The minimum atomic E-state index is -0.334. The Bertz CT molecular complexity index is 955. The van der Waals surface area contributed by atoms with Crippen LogP contribution in [0, 0.1) is 5.82 Å². The number of fused-ring (bicyclic) bond motifs is 5. The first kappa shape index (κ1) is 13.8. The van der Waals surface area contributed by atoms with E-state index in [0.717, 1.165) is 22.2 Å². The Kier molecular flexibility index (Phi) is 3.05. The van der Waals surface area contributed by atoms with Gasteiger partial charge in [0.15, 0.2) is 0 Å². The summed E-state index contributed by atoms with van der Waals surface area (Å²) in [4.78, 5) is 12.3. The summed E-state index contributed by atoms with van der Waals surface area (Å²) in [6.07, 6.45) is 2.02. The van der Waals surface area contributed by atoms with Gasteiger partial charge in [-0.15, -0.1) is 6.58 Å². The molecule has 23 heavy (non-hydrogen) atoms. The van der Waals surface area contributed by atoms with Crippen LogP contribution in [0.15, 0.2) is 55.1 Å². The molecule has 4 rings (SSSR count). The second-order valence-corrected chi connectivity index (χ2v) is 5.63. The zero-order valence-corrected chi connectivity index (χ0v) is 12.5. The van der Waals surface area contributed by atoms with Gasteiger partial charge in [-0.3, -0.25) is 4.79 Å². The summed E-state index contributed by atoms with van der Waals surface area (Å²) >= 11 is 0. The lowest BCUT2D eigenvalue weighted by Crippen LogP contribution is -2.12. The molecule has 0 atom stereocenters. The monoisotopic (exact) mass is 306 g/mol. The topological polar surface area (TPSA) is 34.0 Å². The van der Waals surface area contributed by atoms with E-state index < -0.39 is 0 Å². The molecule has 1 aliphatic rings. The number of hydrogen-bond donors (Lipinski definition) is 1. The number of amides is 1. The Hall–Kier alpha value is -2.88. The van der Waals surface area contributed by atoms with Crippen LogP contribution in [0.3, 0.4) is 0 Å². The first-order valence-electron chi connectivity index (χ1n) is 7.50. The molecule has 0 unspecified atom stereocenters. The average Bonchev–Trinajstić information content (AvgIpc) is 2.73. The largest absolute Gasteiger partial charge is 0.336 e. The van der Waals surface area contributed by atoms with E-state index in [0.29, 0.717) is 17.8 Å². The molecule has 0 spiro atoms. The van der Waals surface area contributed by atoms with Crippen molar-refractivity contribution in [1.82, 2.24) is 4.57 Å². The normalized spacial score (nSPS) is 13.2. The summed E-state index contributed by atoms with van der Waals surface area (Å²) in [5.41, 5.74) is 3.58. The van der Waals surface area contributed by atoms with E-state index >= 15 is 0 Å². The van der Waals surface area contributed by atoms with E-state index in [1.807, 2.05) is 28.8 Å². The molecule has 0 fully saturated rings. The van der Waals surface area contributed by atoms with Crippen LogP contribution in [0.2, 0.25) is 0 Å². The number of hydrogen-bond acceptors (Lipinski definition) is 1. The van der Waals surface area contributed by atoms with E-state index in [1.54, 1.807) is 18.2 Å². The predicted octanol–water partition coefficient (Wildman–Crippen LogP) is 4.13. The van der Waals surface area contributed by atoms with Crippen LogP contribution < -0.4 is 5.32 Å². The lowest BCUT2D eigenvalue weighted by molar-refractivity contribution is -0.115. The first-order valence-corrected chi connectivity index (χ1v) is 7.50. The maximum absolute atomic E-state index is 14.6. The summed E-state index contributed by atoms with van der Waals surface area (Å²) in [6, 6.07) is 12.6. The SMILES string of the molecule is C=CCn1c2c(c3ccccc31)CC(=O)Nc1cccc(F)c1-2. The fourth-order valence-electron chi connectivity index (χ4n) is 3.38. The third-order valence-corrected chi connectivity index (χ3v) is 4.25. The highest BCUT2D eigenvalue weighted by Crippen LogP contribution is 2.41. The van der Waals surface area contributed by atoms with Crippen LogP contribution in [0.4, 0.5) is 10.1 Å². The van der Waals surface area contributed by atoms with Gasteiger partial charge in [-0.2, -0.15) is 0 Å². The fourth-order valence-corrected chi connectivity index (χ4v) is 3.38. The van der Waals surface area contributed by atoms with Crippen LogP contribution in [0.1, 0.15) is 5.56 Å². The molecular weight excluding hydrogens is 291 g/mol. The van der Waals surface area contributed by atoms with E-state index in [9.17, 15) is 9.18 Å². The zero-order valence-electron chi connectivity index (χ0n) is 12.5. The van der Waals surface area contributed by atoms with Gasteiger partial charge in [0.05, 0.1) is 23.4 Å². The van der Waals surface area contributed by atoms with Crippen LogP contribution in [0.5, 0.6) is 0 Å². The third-order valence-electron chi connectivity index (χ3n) is 4.25. The molecule has 3 nitrogen and oxygen atoms in total. The molecule has 3 aromatic rings. The molecule has 0 aliphatic carbocycles. The fraction of sp³-hybridized carbons (Fsp3) is 0.105. The highest BCUT2D eigenvalue weighted by atomic mass is 19.1. The van der Waals surface area contributed by atoms with Gasteiger partial charge in [0, 0.05) is 17.4 Å². The Labute approximate surface area is 133 Å². The van der Waals surface area contributed by atoms with Crippen molar-refractivity contribution in [1.29, 1.82) is 0 Å². The van der Waals surface area contributed by atoms with Crippen LogP contribution in [-0.2, 0) is 17.8 Å². The van der Waals surface area contributed by atoms with Crippen molar-refractivity contribution in [2.45, 2.75) is 13.0 Å². The molecule has 1 N–H and O–H groups in total. The first-order chi connectivity index (χ1) is 11.2. The Balaban J connectivity index is 2.19. The highest BCUT2D eigenvalue weighted by molar-refractivity contribution is 6.05. The molecule has 2 heterocycles. The van der Waals surface area contributed by atoms with Gasteiger partial charge in [-0.05, 0) is 23.8 Å². The van der Waals surface area contributed by atoms with Gasteiger partial charge in [-0.25, -0.2) is 4.39 Å². The van der Waals surface area contributed by atoms with Crippen molar-refractivity contribution in [2.75, 3.05) is 5.32 Å². The molecule has 1 aliphatic heterocycles. The number of allylic oxidation sites excluding steroid dienone is 1. The molecule has 114 valence electrons. The lowest BCUT2D eigenvalue weighted by atomic mass is 10.0. The molecule has 1 aromatic heterocycles. The van der Waals surface area contributed by atoms with Crippen molar-refractivity contribution in [3.63, 3.8) is 0 Å². The Morgan fingerprint density at radius 2 is 2.04 bits per heavy atom. The second-order valence-electron chi connectivity index (χ2n) is 5.63. The van der Waals surface area contributed by atoms with Crippen LogP contribution in [0.25, 0.3) is 22.2 Å². The van der Waals surface area contributed by atoms with Crippen molar-refractivity contribution >= 4 is 22.5 Å². The van der Waals surface area contributed by atoms with Gasteiger partial charge < -0.3 is 9.88 Å². The lowest BCUT2D eigenvalue weighted by Gasteiger charge is -2.13. The molecule has 4 heteroatoms. The summed E-state index contributed by atoms with van der Waals surface area (Å²) in [5, 5.41) is 3.79. The van der Waals surface area contributed by atoms with Crippen molar-refractivity contribution in [3.8, 4) is 11.3 Å². The van der Waals surface area contributed by atoms with Gasteiger partial charge in [-0.1, -0.05) is 30.3 Å². The number of nitrogens with zero attached hydrogens (tertiary/aromatic N) is 1. The molecular formula is C19H15FN2O. The minimum Gasteiger partial charge on any atom is -0.336 e. The highest BCUT2D eigenvalue weighted by Gasteiger charge is 2.27. The molecule has 0 saturated heterocycles. The number of para-hydroxylation sites is 1. The quantitative estimate of drug-likeness (QED) is 0.710. The van der Waals surface area contributed by atoms with Crippen molar-refractivity contribution in [3.05, 3.63) is 66.5 Å². The Morgan fingerprint density at radius 3 is 2.87 bits per heavy atom. The van der Waals surface area contributed by atoms with E-state index in [1.165, 1.54) is 6.07 Å². The van der Waals surface area contributed by atoms with Gasteiger partial charge in [0.2, 0.25) is 5.91 Å². The van der Waals surface area contributed by atoms with Crippen molar-refractivity contribution < 1.29 is 9.18 Å². The van der Waals surface area contributed by atoms with Gasteiger partial charge in [0.25, 0.3) is 0 Å². The van der Waals surface area contributed by atoms with Gasteiger partial charge in [0.1, 0.15) is 5.82 Å². The summed E-state index contributed by atoms with van der Waals surface area (Å²) in [6.45, 7) is 4.36. The number of carbonyl (C=O) groups is 1. The smallest absolute Gasteiger partial charge is 0.228 e. The maximum atomic E-state index is 14.6. The molecule has 0 bridgehead atoms. The molecule has 0 saturated carbocycles. The number of nitrogens with one attached hydrogen (secondary N) is 1. The average molecular weight is 306 g/mol. The summed E-state index contributed by atoms with van der Waals surface area (Å²) in [5.74, 6) is -0.462. The number of aromatic nitrogens is 1.